The van der Waals surface area contributed by atoms with Crippen LogP contribution in [0.3, 0.4) is 0 Å². The lowest BCUT2D eigenvalue weighted by Crippen LogP contribution is -2.16. The highest BCUT2D eigenvalue weighted by Crippen LogP contribution is 2.28. The molecule has 3 aromatic rings. The maximum atomic E-state index is 11.4. The molecule has 0 unspecified atom stereocenters. The van der Waals surface area contributed by atoms with Crippen molar-refractivity contribution in [2.45, 2.75) is 13.2 Å². The van der Waals surface area contributed by atoms with Gasteiger partial charge in [-0.3, -0.25) is 4.57 Å². The zero-order chi connectivity index (χ0) is 13.9. The van der Waals surface area contributed by atoms with Crippen LogP contribution in [0, 0.1) is 0 Å². The van der Waals surface area contributed by atoms with Gasteiger partial charge in [-0.05, 0) is 23.3 Å². The molecule has 2 aromatic heterocycles. The number of nitrogens with one attached hydrogen (secondary N) is 1. The number of aromatic nitrogens is 3. The molecule has 0 bridgehead atoms. The molecule has 5 nitrogen and oxygen atoms in total. The fourth-order valence-corrected chi connectivity index (χ4v) is 2.96. The van der Waals surface area contributed by atoms with Crippen LogP contribution in [-0.4, -0.2) is 19.9 Å². The summed E-state index contributed by atoms with van der Waals surface area (Å²) < 4.78 is 1.53. The van der Waals surface area contributed by atoms with E-state index in [9.17, 15) is 4.79 Å². The highest BCUT2D eigenvalue weighted by Gasteiger charge is 2.05. The number of benzene rings is 1. The third-order valence-electron chi connectivity index (χ3n) is 3.03. The van der Waals surface area contributed by atoms with E-state index in [4.69, 9.17) is 5.11 Å². The first-order valence-electron chi connectivity index (χ1n) is 6.15. The van der Waals surface area contributed by atoms with Gasteiger partial charge >= 0.3 is 5.69 Å². The number of aromatic amines is 1. The molecule has 102 valence electrons. The molecule has 2 N–H and O–H groups in total. The van der Waals surface area contributed by atoms with Crippen LogP contribution >= 0.6 is 11.3 Å². The van der Waals surface area contributed by atoms with Gasteiger partial charge in [0.15, 0.2) is 0 Å². The van der Waals surface area contributed by atoms with E-state index >= 15 is 0 Å². The SMILES string of the molecule is O=c1[nH]ncn1Cc1ccc(-c2ccc(CO)cc2)s1. The lowest BCUT2D eigenvalue weighted by molar-refractivity contribution is 0.282. The fourth-order valence-electron chi connectivity index (χ4n) is 1.94. The molecular formula is C14H13N3O2S. The second kappa shape index (κ2) is 5.44. The quantitative estimate of drug-likeness (QED) is 0.769. The Morgan fingerprint density at radius 1 is 1.20 bits per heavy atom. The predicted molar refractivity (Wildman–Crippen MR) is 77.6 cm³/mol. The lowest BCUT2D eigenvalue weighted by atomic mass is 10.1. The third-order valence-corrected chi connectivity index (χ3v) is 4.15. The Bertz CT molecular complexity index is 755. The van der Waals surface area contributed by atoms with Gasteiger partial charge in [-0.15, -0.1) is 11.3 Å². The summed E-state index contributed by atoms with van der Waals surface area (Å²) in [6.45, 7) is 0.577. The fraction of sp³-hybridized carbons (Fsp3) is 0.143. The maximum Gasteiger partial charge on any atom is 0.343 e. The molecule has 0 spiro atoms. The summed E-state index contributed by atoms with van der Waals surface area (Å²) in [4.78, 5) is 13.6. The largest absolute Gasteiger partial charge is 0.392 e. The van der Waals surface area contributed by atoms with Gasteiger partial charge in [0.25, 0.3) is 0 Å². The van der Waals surface area contributed by atoms with E-state index in [-0.39, 0.29) is 12.3 Å². The van der Waals surface area contributed by atoms with Crippen molar-refractivity contribution in [3.8, 4) is 10.4 Å². The van der Waals surface area contributed by atoms with Gasteiger partial charge < -0.3 is 5.11 Å². The van der Waals surface area contributed by atoms with Gasteiger partial charge in [0.05, 0.1) is 13.2 Å². The minimum Gasteiger partial charge on any atom is -0.392 e. The van der Waals surface area contributed by atoms with Crippen molar-refractivity contribution in [3.05, 3.63) is 63.7 Å². The highest BCUT2D eigenvalue weighted by atomic mass is 32.1. The van der Waals surface area contributed by atoms with Crippen molar-refractivity contribution in [2.75, 3.05) is 0 Å². The monoisotopic (exact) mass is 287 g/mol. The zero-order valence-electron chi connectivity index (χ0n) is 10.6. The Balaban J connectivity index is 1.82. The average molecular weight is 287 g/mol. The maximum absolute atomic E-state index is 11.4. The molecule has 0 aliphatic rings. The predicted octanol–water partition coefficient (Wildman–Crippen LogP) is 1.84. The molecule has 2 heterocycles. The second-order valence-corrected chi connectivity index (χ2v) is 5.58. The highest BCUT2D eigenvalue weighted by molar-refractivity contribution is 7.15. The van der Waals surface area contributed by atoms with Gasteiger partial charge in [-0.25, -0.2) is 9.89 Å². The van der Waals surface area contributed by atoms with E-state index in [1.807, 2.05) is 36.4 Å². The number of aliphatic hydroxyl groups is 1. The summed E-state index contributed by atoms with van der Waals surface area (Å²) in [5, 5.41) is 15.1. The van der Waals surface area contributed by atoms with Crippen LogP contribution in [0.1, 0.15) is 10.4 Å². The number of rotatable bonds is 4. The summed E-state index contributed by atoms with van der Waals surface area (Å²) in [5.41, 5.74) is 1.81. The first-order chi connectivity index (χ1) is 9.76. The molecule has 0 saturated carbocycles. The minimum atomic E-state index is -0.202. The van der Waals surface area contributed by atoms with Crippen LogP contribution in [-0.2, 0) is 13.2 Å². The van der Waals surface area contributed by atoms with Crippen molar-refractivity contribution in [1.29, 1.82) is 0 Å². The van der Waals surface area contributed by atoms with Crippen molar-refractivity contribution in [1.82, 2.24) is 14.8 Å². The van der Waals surface area contributed by atoms with E-state index < -0.39 is 0 Å². The first-order valence-corrected chi connectivity index (χ1v) is 6.96. The van der Waals surface area contributed by atoms with Crippen molar-refractivity contribution in [2.24, 2.45) is 0 Å². The van der Waals surface area contributed by atoms with Crippen molar-refractivity contribution < 1.29 is 5.11 Å². The summed E-state index contributed by atoms with van der Waals surface area (Å²) >= 11 is 1.64. The molecule has 0 amide bonds. The molecule has 6 heteroatoms. The number of nitrogens with zero attached hydrogens (tertiary/aromatic N) is 2. The normalized spacial score (nSPS) is 10.8. The molecule has 20 heavy (non-hydrogen) atoms. The summed E-state index contributed by atoms with van der Waals surface area (Å²) in [5.74, 6) is 0. The van der Waals surface area contributed by atoms with E-state index in [2.05, 4.69) is 10.2 Å². The van der Waals surface area contributed by atoms with Gasteiger partial charge in [-0.1, -0.05) is 24.3 Å². The Morgan fingerprint density at radius 3 is 2.65 bits per heavy atom. The summed E-state index contributed by atoms with van der Waals surface area (Å²) in [7, 11) is 0. The number of aliphatic hydroxyl groups excluding tert-OH is 1. The van der Waals surface area contributed by atoms with Crippen molar-refractivity contribution in [3.63, 3.8) is 0 Å². The van der Waals surface area contributed by atoms with Gasteiger partial charge in [0.2, 0.25) is 0 Å². The third kappa shape index (κ3) is 2.56. The Kier molecular flexibility index (Phi) is 3.49. The molecule has 0 radical (unpaired) electrons. The van der Waals surface area contributed by atoms with Gasteiger partial charge in [-0.2, -0.15) is 5.10 Å². The minimum absolute atomic E-state index is 0.0549. The number of hydrogen-bond donors (Lipinski definition) is 2. The van der Waals surface area contributed by atoms with E-state index in [1.165, 1.54) is 10.9 Å². The van der Waals surface area contributed by atoms with Crippen LogP contribution in [0.4, 0.5) is 0 Å². The molecular weight excluding hydrogens is 274 g/mol. The smallest absolute Gasteiger partial charge is 0.343 e. The summed E-state index contributed by atoms with van der Waals surface area (Å²) in [6, 6.07) is 11.9. The average Bonchev–Trinajstić information content (AvgIpc) is 3.10. The van der Waals surface area contributed by atoms with E-state index in [0.29, 0.717) is 6.54 Å². The topological polar surface area (TPSA) is 70.9 Å². The molecule has 0 atom stereocenters. The van der Waals surface area contributed by atoms with Gasteiger partial charge in [0, 0.05) is 9.75 Å². The number of hydrogen-bond acceptors (Lipinski definition) is 4. The van der Waals surface area contributed by atoms with Crippen LogP contribution in [0.5, 0.6) is 0 Å². The van der Waals surface area contributed by atoms with Gasteiger partial charge in [0.1, 0.15) is 6.33 Å². The first kappa shape index (κ1) is 12.8. The summed E-state index contributed by atoms with van der Waals surface area (Å²) in [6.07, 6.45) is 1.50. The molecule has 3 rings (SSSR count). The second-order valence-electron chi connectivity index (χ2n) is 4.41. The molecule has 0 fully saturated rings. The van der Waals surface area contributed by atoms with Crippen LogP contribution < -0.4 is 5.69 Å². The Morgan fingerprint density at radius 2 is 2.00 bits per heavy atom. The van der Waals surface area contributed by atoms with Crippen LogP contribution in [0.2, 0.25) is 0 Å². The van der Waals surface area contributed by atoms with Crippen LogP contribution in [0.25, 0.3) is 10.4 Å². The van der Waals surface area contributed by atoms with Crippen LogP contribution in [0.15, 0.2) is 47.5 Å². The zero-order valence-corrected chi connectivity index (χ0v) is 11.4. The number of thiophene rings is 1. The molecule has 1 aromatic carbocycles. The standard InChI is InChI=1S/C14H13N3O2S/c18-8-10-1-3-11(4-2-10)13-6-5-12(20-13)7-17-9-15-16-14(17)19/h1-6,9,18H,7-8H2,(H,16,19). The Hall–Kier alpha value is -2.18. The van der Waals surface area contributed by atoms with Crippen molar-refractivity contribution >= 4 is 11.3 Å². The lowest BCUT2D eigenvalue weighted by Gasteiger charge is -1.99. The Labute approximate surface area is 119 Å². The molecule has 0 aliphatic carbocycles. The molecule has 0 saturated heterocycles. The number of H-pyrrole nitrogens is 1. The van der Waals surface area contributed by atoms with E-state index in [0.717, 1.165) is 20.9 Å². The molecule has 0 aliphatic heterocycles. The van der Waals surface area contributed by atoms with E-state index in [1.54, 1.807) is 11.3 Å².